The van der Waals surface area contributed by atoms with Gasteiger partial charge in [-0.1, -0.05) is 37.6 Å². The molecule has 160 valence electrons. The van der Waals surface area contributed by atoms with Gasteiger partial charge >= 0.3 is 0 Å². The van der Waals surface area contributed by atoms with Crippen molar-refractivity contribution in [2.24, 2.45) is 11.8 Å². The molecule has 5 nitrogen and oxygen atoms in total. The first-order valence-electron chi connectivity index (χ1n) is 10.5. The highest BCUT2D eigenvalue weighted by atomic mass is 35.5. The van der Waals surface area contributed by atoms with Crippen molar-refractivity contribution in [3.8, 4) is 0 Å². The number of carbonyl (C=O) groups excluding carboxylic acids is 1. The van der Waals surface area contributed by atoms with Crippen LogP contribution in [0.4, 0.5) is 5.69 Å². The average Bonchev–Trinajstić information content (AvgIpc) is 3.54. The Morgan fingerprint density at radius 1 is 1.30 bits per heavy atom. The van der Waals surface area contributed by atoms with Crippen molar-refractivity contribution in [3.63, 3.8) is 0 Å². The van der Waals surface area contributed by atoms with E-state index in [1.807, 2.05) is 44.2 Å². The number of allylic oxidation sites excluding steroid dienone is 4. The number of nitrogens with one attached hydrogen (secondary N) is 3. The number of hydrogen-bond acceptors (Lipinski definition) is 3. The Morgan fingerprint density at radius 2 is 2.00 bits per heavy atom. The molecule has 0 heterocycles. The SMILES string of the molecule is CC(C)C(=N)N(C=N)c1cc(C(=O)NC(C)(C)C2CC2)cc(C2C=CC(Cl)=CC2)c1. The summed E-state index contributed by atoms with van der Waals surface area (Å²) in [7, 11) is 0. The Bertz CT molecular complexity index is 912. The molecule has 1 aromatic rings. The number of carbonyl (C=O) groups is 1. The van der Waals surface area contributed by atoms with Crippen molar-refractivity contribution in [1.82, 2.24) is 5.32 Å². The van der Waals surface area contributed by atoms with E-state index in [0.29, 0.717) is 28.0 Å². The minimum atomic E-state index is -0.250. The Kier molecular flexibility index (Phi) is 6.51. The van der Waals surface area contributed by atoms with Crippen LogP contribution in [0.5, 0.6) is 0 Å². The van der Waals surface area contributed by atoms with Crippen LogP contribution in [0, 0.1) is 22.7 Å². The first-order chi connectivity index (χ1) is 14.1. The highest BCUT2D eigenvalue weighted by molar-refractivity contribution is 6.31. The van der Waals surface area contributed by atoms with Crippen molar-refractivity contribution in [1.29, 1.82) is 10.8 Å². The molecule has 6 heteroatoms. The van der Waals surface area contributed by atoms with E-state index in [2.05, 4.69) is 19.2 Å². The molecular formula is C24H31ClN4O. The second kappa shape index (κ2) is 8.76. The quantitative estimate of drug-likeness (QED) is 0.379. The van der Waals surface area contributed by atoms with Gasteiger partial charge < -0.3 is 5.32 Å². The molecule has 3 N–H and O–H groups in total. The number of halogens is 1. The molecule has 1 unspecified atom stereocenters. The summed E-state index contributed by atoms with van der Waals surface area (Å²) in [5, 5.41) is 20.2. The largest absolute Gasteiger partial charge is 0.347 e. The summed E-state index contributed by atoms with van der Waals surface area (Å²) in [6.45, 7) is 7.99. The van der Waals surface area contributed by atoms with Crippen LogP contribution >= 0.6 is 11.6 Å². The van der Waals surface area contributed by atoms with Crippen LogP contribution < -0.4 is 10.2 Å². The number of amidine groups is 1. The van der Waals surface area contributed by atoms with Gasteiger partial charge in [0, 0.05) is 33.7 Å². The lowest BCUT2D eigenvalue weighted by Crippen LogP contribution is -2.45. The van der Waals surface area contributed by atoms with Crippen molar-refractivity contribution in [2.75, 3.05) is 4.90 Å². The molecule has 0 bridgehead atoms. The van der Waals surface area contributed by atoms with Crippen LogP contribution in [0.15, 0.2) is 41.5 Å². The van der Waals surface area contributed by atoms with E-state index in [4.69, 9.17) is 22.4 Å². The van der Waals surface area contributed by atoms with E-state index < -0.39 is 0 Å². The molecule has 0 aliphatic heterocycles. The van der Waals surface area contributed by atoms with Gasteiger partial charge in [0.15, 0.2) is 0 Å². The fourth-order valence-electron chi connectivity index (χ4n) is 3.79. The lowest BCUT2D eigenvalue weighted by Gasteiger charge is -2.28. The summed E-state index contributed by atoms with van der Waals surface area (Å²) in [4.78, 5) is 14.7. The van der Waals surface area contributed by atoms with Gasteiger partial charge in [-0.05, 0) is 68.9 Å². The van der Waals surface area contributed by atoms with Crippen LogP contribution in [0.3, 0.4) is 0 Å². The van der Waals surface area contributed by atoms with Crippen molar-refractivity contribution in [2.45, 2.75) is 58.4 Å². The zero-order chi connectivity index (χ0) is 22.1. The average molecular weight is 427 g/mol. The fraction of sp³-hybridized carbons (Fsp3) is 0.458. The van der Waals surface area contributed by atoms with E-state index in [1.165, 1.54) is 4.90 Å². The molecular weight excluding hydrogens is 396 g/mol. The first-order valence-corrected chi connectivity index (χ1v) is 10.9. The van der Waals surface area contributed by atoms with E-state index >= 15 is 0 Å². The number of amides is 1. The molecule has 1 aromatic carbocycles. The minimum Gasteiger partial charge on any atom is -0.347 e. The predicted octanol–water partition coefficient (Wildman–Crippen LogP) is 5.82. The molecule has 0 aromatic heterocycles. The lowest BCUT2D eigenvalue weighted by molar-refractivity contribution is 0.0903. The van der Waals surface area contributed by atoms with Crippen molar-refractivity contribution >= 4 is 35.4 Å². The monoisotopic (exact) mass is 426 g/mol. The first kappa shape index (κ1) is 22.3. The highest BCUT2D eigenvalue weighted by Gasteiger charge is 2.39. The van der Waals surface area contributed by atoms with Gasteiger partial charge in [0.1, 0.15) is 5.84 Å². The summed E-state index contributed by atoms with van der Waals surface area (Å²) < 4.78 is 0. The number of rotatable bonds is 7. The molecule has 1 amide bonds. The molecule has 1 atom stereocenters. The van der Waals surface area contributed by atoms with Gasteiger partial charge in [0.05, 0.1) is 6.34 Å². The van der Waals surface area contributed by atoms with Gasteiger partial charge in [-0.3, -0.25) is 20.5 Å². The molecule has 30 heavy (non-hydrogen) atoms. The van der Waals surface area contributed by atoms with Crippen LogP contribution in [0.2, 0.25) is 0 Å². The molecule has 0 radical (unpaired) electrons. The van der Waals surface area contributed by atoms with E-state index in [9.17, 15) is 4.79 Å². The lowest BCUT2D eigenvalue weighted by atomic mass is 9.90. The molecule has 2 aliphatic carbocycles. The number of anilines is 1. The van der Waals surface area contributed by atoms with Crippen LogP contribution in [0.1, 0.15) is 68.8 Å². The van der Waals surface area contributed by atoms with Gasteiger partial charge in [0.25, 0.3) is 5.91 Å². The highest BCUT2D eigenvalue weighted by Crippen LogP contribution is 2.39. The molecule has 1 fully saturated rings. The zero-order valence-corrected chi connectivity index (χ0v) is 18.9. The fourth-order valence-corrected chi connectivity index (χ4v) is 3.96. The summed E-state index contributed by atoms with van der Waals surface area (Å²) in [5.41, 5.74) is 1.93. The maximum absolute atomic E-state index is 13.2. The Morgan fingerprint density at radius 3 is 2.53 bits per heavy atom. The number of benzene rings is 1. The maximum atomic E-state index is 13.2. The standard InChI is InChI=1S/C24H31ClN4O/c1-15(2)22(27)29(14-26)21-12-17(16-5-9-20(25)10-6-16)11-18(13-21)23(30)28-24(3,4)19-7-8-19/h5,9-16,19,26-27H,6-8H2,1-4H3,(H,28,30). The van der Waals surface area contributed by atoms with Gasteiger partial charge in [0.2, 0.25) is 0 Å². The third kappa shape index (κ3) is 5.01. The van der Waals surface area contributed by atoms with Crippen LogP contribution in [-0.4, -0.2) is 23.6 Å². The van der Waals surface area contributed by atoms with Crippen LogP contribution in [-0.2, 0) is 0 Å². The molecule has 2 aliphatic rings. The van der Waals surface area contributed by atoms with Gasteiger partial charge in [-0.15, -0.1) is 0 Å². The summed E-state index contributed by atoms with van der Waals surface area (Å²) in [5.74, 6) is 0.761. The second-order valence-corrected chi connectivity index (χ2v) is 9.53. The normalized spacial score (nSPS) is 18.7. The van der Waals surface area contributed by atoms with Gasteiger partial charge in [-0.25, -0.2) is 0 Å². The molecule has 1 saturated carbocycles. The van der Waals surface area contributed by atoms with E-state index in [1.54, 1.807) is 6.07 Å². The molecule has 0 saturated heterocycles. The molecule has 3 rings (SSSR count). The maximum Gasteiger partial charge on any atom is 0.251 e. The Balaban J connectivity index is 1.99. The van der Waals surface area contributed by atoms with E-state index in [0.717, 1.165) is 31.2 Å². The Labute approximate surface area is 184 Å². The number of nitrogens with zero attached hydrogens (tertiary/aromatic N) is 1. The zero-order valence-electron chi connectivity index (χ0n) is 18.1. The third-order valence-electron chi connectivity index (χ3n) is 5.93. The topological polar surface area (TPSA) is 80.0 Å². The Hall–Kier alpha value is -2.40. The summed E-state index contributed by atoms with van der Waals surface area (Å²) in [6, 6.07) is 5.66. The minimum absolute atomic E-state index is 0.0438. The predicted molar refractivity (Wildman–Crippen MR) is 125 cm³/mol. The van der Waals surface area contributed by atoms with Crippen molar-refractivity contribution in [3.05, 3.63) is 52.6 Å². The summed E-state index contributed by atoms with van der Waals surface area (Å²) in [6.07, 6.45) is 10.1. The van der Waals surface area contributed by atoms with Crippen LogP contribution in [0.25, 0.3) is 0 Å². The van der Waals surface area contributed by atoms with E-state index in [-0.39, 0.29) is 23.3 Å². The summed E-state index contributed by atoms with van der Waals surface area (Å²) >= 11 is 6.08. The van der Waals surface area contributed by atoms with Gasteiger partial charge in [-0.2, -0.15) is 0 Å². The smallest absolute Gasteiger partial charge is 0.251 e. The third-order valence-corrected chi connectivity index (χ3v) is 6.21. The number of hydrogen-bond donors (Lipinski definition) is 3. The second-order valence-electron chi connectivity index (χ2n) is 9.09. The molecule has 0 spiro atoms. The van der Waals surface area contributed by atoms with Crippen molar-refractivity contribution < 1.29 is 4.79 Å².